The van der Waals surface area contributed by atoms with Gasteiger partial charge >= 0.3 is 0 Å². The third-order valence-electron chi connectivity index (χ3n) is 9.54. The number of para-hydroxylation sites is 1. The second-order valence-corrected chi connectivity index (χ2v) is 13.3. The van der Waals surface area contributed by atoms with Crippen LogP contribution in [0.3, 0.4) is 0 Å². The summed E-state index contributed by atoms with van der Waals surface area (Å²) < 4.78 is 5.07. The van der Waals surface area contributed by atoms with Crippen molar-refractivity contribution in [2.24, 2.45) is 0 Å². The van der Waals surface area contributed by atoms with Gasteiger partial charge in [-0.3, -0.25) is 0 Å². The lowest BCUT2D eigenvalue weighted by atomic mass is 10.0. The van der Waals surface area contributed by atoms with Crippen molar-refractivity contribution in [2.75, 3.05) is 4.90 Å². The fourth-order valence-corrected chi connectivity index (χ4v) is 8.52. The Bertz CT molecular complexity index is 2800. The van der Waals surface area contributed by atoms with Crippen LogP contribution in [0.5, 0.6) is 0 Å². The summed E-state index contributed by atoms with van der Waals surface area (Å²) in [4.78, 5) is 2.44. The van der Waals surface area contributed by atoms with Crippen LogP contribution in [-0.4, -0.2) is 4.57 Å². The van der Waals surface area contributed by atoms with Crippen molar-refractivity contribution < 1.29 is 0 Å². The first kappa shape index (κ1) is 26.3. The number of hydrogen-bond acceptors (Lipinski definition) is 2. The van der Waals surface area contributed by atoms with Gasteiger partial charge in [0.15, 0.2) is 0 Å². The summed E-state index contributed by atoms with van der Waals surface area (Å²) in [5.74, 6) is 0. The first-order valence-electron chi connectivity index (χ1n) is 16.0. The van der Waals surface area contributed by atoms with Gasteiger partial charge in [-0.25, -0.2) is 0 Å². The van der Waals surface area contributed by atoms with E-state index in [1.807, 2.05) is 11.3 Å². The highest BCUT2D eigenvalue weighted by Crippen LogP contribution is 2.45. The van der Waals surface area contributed by atoms with E-state index in [2.05, 4.69) is 179 Å². The molecule has 0 amide bonds. The highest BCUT2D eigenvalue weighted by Gasteiger charge is 2.20. The molecule has 10 aromatic rings. The quantitative estimate of drug-likeness (QED) is 0.191. The molecular formula is C44H28N2S. The van der Waals surface area contributed by atoms with Crippen molar-refractivity contribution >= 4 is 91.9 Å². The number of fused-ring (bicyclic) bond motifs is 9. The zero-order chi connectivity index (χ0) is 30.9. The predicted octanol–water partition coefficient (Wildman–Crippen LogP) is 12.9. The molecule has 2 aromatic heterocycles. The van der Waals surface area contributed by atoms with E-state index in [-0.39, 0.29) is 0 Å². The lowest BCUT2D eigenvalue weighted by Gasteiger charge is -2.27. The average molecular weight is 617 g/mol. The molecule has 0 spiro atoms. The van der Waals surface area contributed by atoms with E-state index in [9.17, 15) is 0 Å². The molecule has 2 heterocycles. The minimum atomic E-state index is 1.12. The summed E-state index contributed by atoms with van der Waals surface area (Å²) in [5, 5.41) is 10.1. The molecule has 0 bridgehead atoms. The first-order valence-corrected chi connectivity index (χ1v) is 16.8. The number of rotatable bonds is 4. The number of anilines is 3. The Morgan fingerprint density at radius 3 is 1.91 bits per heavy atom. The second-order valence-electron chi connectivity index (χ2n) is 12.2. The van der Waals surface area contributed by atoms with Crippen LogP contribution in [0.2, 0.25) is 0 Å². The summed E-state index contributed by atoms with van der Waals surface area (Å²) in [6, 6.07) is 62.1. The molecule has 0 radical (unpaired) electrons. The Kier molecular flexibility index (Phi) is 5.78. The Morgan fingerprint density at radius 1 is 0.404 bits per heavy atom. The first-order chi connectivity index (χ1) is 23.3. The van der Waals surface area contributed by atoms with E-state index >= 15 is 0 Å². The molecule has 0 saturated heterocycles. The highest BCUT2D eigenvalue weighted by atomic mass is 32.1. The molecule has 0 atom stereocenters. The maximum atomic E-state index is 2.45. The smallest absolute Gasteiger partial charge is 0.0619 e. The van der Waals surface area contributed by atoms with Gasteiger partial charge in [-0.2, -0.15) is 0 Å². The van der Waals surface area contributed by atoms with Crippen LogP contribution in [0.1, 0.15) is 0 Å². The largest absolute Gasteiger partial charge is 0.310 e. The van der Waals surface area contributed by atoms with Gasteiger partial charge in [0.1, 0.15) is 0 Å². The summed E-state index contributed by atoms with van der Waals surface area (Å²) in [6.45, 7) is 0. The van der Waals surface area contributed by atoms with Crippen molar-refractivity contribution in [3.63, 3.8) is 0 Å². The maximum absolute atomic E-state index is 2.45. The Labute approximate surface area is 276 Å². The van der Waals surface area contributed by atoms with Gasteiger partial charge in [0.05, 0.1) is 16.7 Å². The lowest BCUT2D eigenvalue weighted by Crippen LogP contribution is -2.10. The molecule has 8 aromatic carbocycles. The molecule has 2 nitrogen and oxygen atoms in total. The van der Waals surface area contributed by atoms with Crippen molar-refractivity contribution in [1.82, 2.24) is 4.57 Å². The number of aromatic nitrogens is 1. The maximum Gasteiger partial charge on any atom is 0.0619 e. The molecule has 0 unspecified atom stereocenters. The van der Waals surface area contributed by atoms with Crippen molar-refractivity contribution in [3.05, 3.63) is 170 Å². The molecule has 10 rings (SSSR count). The van der Waals surface area contributed by atoms with Gasteiger partial charge in [0.2, 0.25) is 0 Å². The molecule has 0 fully saturated rings. The number of nitrogens with zero attached hydrogens (tertiary/aromatic N) is 2. The van der Waals surface area contributed by atoms with Crippen LogP contribution < -0.4 is 4.90 Å². The van der Waals surface area contributed by atoms with Gasteiger partial charge in [0.25, 0.3) is 0 Å². The van der Waals surface area contributed by atoms with Crippen LogP contribution in [0.15, 0.2) is 170 Å². The van der Waals surface area contributed by atoms with Crippen LogP contribution in [-0.2, 0) is 0 Å². The number of benzene rings is 8. The number of thiophene rings is 1. The zero-order valence-corrected chi connectivity index (χ0v) is 26.3. The fraction of sp³-hybridized carbons (Fsp3) is 0. The van der Waals surface area contributed by atoms with Crippen LogP contribution in [0.25, 0.3) is 69.2 Å². The minimum Gasteiger partial charge on any atom is -0.310 e. The monoisotopic (exact) mass is 616 g/mol. The average Bonchev–Trinajstić information content (AvgIpc) is 3.68. The molecule has 0 aliphatic carbocycles. The molecular weight excluding hydrogens is 589 g/mol. The van der Waals surface area contributed by atoms with E-state index in [1.54, 1.807) is 0 Å². The highest BCUT2D eigenvalue weighted by molar-refractivity contribution is 7.25. The molecule has 0 aliphatic heterocycles. The van der Waals surface area contributed by atoms with E-state index in [4.69, 9.17) is 0 Å². The molecule has 0 N–H and O–H groups in total. The lowest BCUT2D eigenvalue weighted by molar-refractivity contribution is 1.18. The van der Waals surface area contributed by atoms with E-state index < -0.39 is 0 Å². The van der Waals surface area contributed by atoms with E-state index in [1.165, 1.54) is 63.5 Å². The Morgan fingerprint density at radius 2 is 1.04 bits per heavy atom. The van der Waals surface area contributed by atoms with Gasteiger partial charge < -0.3 is 9.47 Å². The normalized spacial score (nSPS) is 11.8. The molecule has 47 heavy (non-hydrogen) atoms. The predicted molar refractivity (Wildman–Crippen MR) is 203 cm³/mol. The van der Waals surface area contributed by atoms with Gasteiger partial charge in [-0.15, -0.1) is 11.3 Å². The molecule has 0 aliphatic rings. The van der Waals surface area contributed by atoms with Gasteiger partial charge in [0, 0.05) is 58.8 Å². The zero-order valence-electron chi connectivity index (χ0n) is 25.5. The van der Waals surface area contributed by atoms with Crippen LogP contribution in [0, 0.1) is 0 Å². The Hall–Kier alpha value is -5.90. The van der Waals surface area contributed by atoms with Crippen LogP contribution >= 0.6 is 11.3 Å². The fourth-order valence-electron chi connectivity index (χ4n) is 7.43. The Balaban J connectivity index is 1.30. The van der Waals surface area contributed by atoms with Crippen molar-refractivity contribution in [3.8, 4) is 5.69 Å². The van der Waals surface area contributed by atoms with E-state index in [0.29, 0.717) is 0 Å². The van der Waals surface area contributed by atoms with Crippen molar-refractivity contribution in [1.29, 1.82) is 0 Å². The summed E-state index contributed by atoms with van der Waals surface area (Å²) in [6.07, 6.45) is 0. The van der Waals surface area contributed by atoms with Gasteiger partial charge in [-0.1, -0.05) is 115 Å². The molecule has 3 heteroatoms. The summed E-state index contributed by atoms with van der Waals surface area (Å²) in [5.41, 5.74) is 7.01. The topological polar surface area (TPSA) is 8.17 Å². The minimum absolute atomic E-state index is 1.12. The number of hydrogen-bond donors (Lipinski definition) is 0. The third-order valence-corrected chi connectivity index (χ3v) is 10.7. The van der Waals surface area contributed by atoms with E-state index in [0.717, 1.165) is 22.7 Å². The van der Waals surface area contributed by atoms with Gasteiger partial charge in [-0.05, 0) is 65.4 Å². The SMILES string of the molecule is c1ccc(-n2c3cc(N(c4ccc5sc6ccccc6c5c4)c4cccc5ccccc45)ccc3c3ccc4ccccc4c32)cc1. The summed E-state index contributed by atoms with van der Waals surface area (Å²) >= 11 is 1.86. The van der Waals surface area contributed by atoms with Crippen LogP contribution in [0.4, 0.5) is 17.1 Å². The second kappa shape index (κ2) is 10.3. The standard InChI is InChI=1S/C44H28N2S/c1-2-14-31(15-3-1)46-41-28-33(22-25-36(41)38-24-21-30-12-5-7-17-35(30)44(38)46)45(40-19-10-13-29-11-4-6-16-34(29)40)32-23-26-43-39(27-32)37-18-8-9-20-42(37)47-43/h1-28H. The third kappa shape index (κ3) is 4.04. The van der Waals surface area contributed by atoms with Crippen molar-refractivity contribution in [2.45, 2.75) is 0 Å². The summed E-state index contributed by atoms with van der Waals surface area (Å²) in [7, 11) is 0. The molecule has 0 saturated carbocycles. The molecule has 220 valence electrons.